The summed E-state index contributed by atoms with van der Waals surface area (Å²) >= 11 is 5.90. The molecule has 6 nitrogen and oxygen atoms in total. The number of rotatable bonds is 6. The molecular weight excluding hydrogens is 346 g/mol. The number of hydrogen-bond acceptors (Lipinski definition) is 5. The fourth-order valence-corrected chi connectivity index (χ4v) is 2.39. The Morgan fingerprint density at radius 1 is 1.20 bits per heavy atom. The van der Waals surface area contributed by atoms with E-state index in [2.05, 4.69) is 0 Å². The Balaban J connectivity index is 2.15. The van der Waals surface area contributed by atoms with E-state index < -0.39 is 17.0 Å². The van der Waals surface area contributed by atoms with Gasteiger partial charge in [-0.05, 0) is 25.0 Å². The van der Waals surface area contributed by atoms with E-state index in [-0.39, 0.29) is 22.1 Å². The first-order chi connectivity index (χ1) is 11.8. The number of non-ortho nitro benzene ring substituents is 1. The van der Waals surface area contributed by atoms with Crippen LogP contribution in [0.2, 0.25) is 5.02 Å². The second-order valence-corrected chi connectivity index (χ2v) is 5.79. The molecule has 0 aliphatic rings. The molecule has 130 valence electrons. The van der Waals surface area contributed by atoms with Crippen molar-refractivity contribution >= 4 is 29.0 Å². The lowest BCUT2D eigenvalue weighted by Crippen LogP contribution is -2.24. The second kappa shape index (κ2) is 7.90. The number of Topliss-reactive ketones (excluding diaryl/α,β-unsaturated/α-hetero) is 1. The van der Waals surface area contributed by atoms with Gasteiger partial charge in [-0.15, -0.1) is 0 Å². The lowest BCUT2D eigenvalue weighted by atomic mass is 10.0. The predicted octanol–water partition coefficient (Wildman–Crippen LogP) is 4.24. The first-order valence-corrected chi connectivity index (χ1v) is 7.99. The number of ketones is 1. The molecule has 2 rings (SSSR count). The molecule has 0 aliphatic carbocycles. The first-order valence-electron chi connectivity index (χ1n) is 7.61. The van der Waals surface area contributed by atoms with Gasteiger partial charge in [-0.1, -0.05) is 42.8 Å². The maximum atomic E-state index is 12.4. The number of carbonyl (C=O) groups is 2. The number of hydrogen-bond donors (Lipinski definition) is 0. The van der Waals surface area contributed by atoms with E-state index in [4.69, 9.17) is 16.3 Å². The zero-order valence-electron chi connectivity index (χ0n) is 13.7. The van der Waals surface area contributed by atoms with Gasteiger partial charge in [0.2, 0.25) is 5.78 Å². The number of nitro benzene ring substituents is 1. The summed E-state index contributed by atoms with van der Waals surface area (Å²) in [7, 11) is 0. The molecule has 0 amide bonds. The molecule has 0 N–H and O–H groups in total. The smallest absolute Gasteiger partial charge is 0.340 e. The summed E-state index contributed by atoms with van der Waals surface area (Å²) in [6.07, 6.45) is -0.195. The van der Waals surface area contributed by atoms with Crippen LogP contribution in [0.1, 0.15) is 40.1 Å². The highest BCUT2D eigenvalue weighted by molar-refractivity contribution is 6.33. The number of ether oxygens (including phenoxy) is 1. The third-order valence-corrected chi connectivity index (χ3v) is 4.01. The molecule has 2 aromatic carbocycles. The van der Waals surface area contributed by atoms with Crippen LogP contribution in [0.25, 0.3) is 0 Å². The van der Waals surface area contributed by atoms with Gasteiger partial charge in [0.05, 0.1) is 15.5 Å². The number of halogens is 1. The van der Waals surface area contributed by atoms with E-state index in [1.807, 2.05) is 19.1 Å². The molecule has 0 bridgehead atoms. The molecule has 1 atom stereocenters. The lowest BCUT2D eigenvalue weighted by molar-refractivity contribution is -0.384. The van der Waals surface area contributed by atoms with Crippen molar-refractivity contribution in [3.63, 3.8) is 0 Å². The van der Waals surface area contributed by atoms with E-state index in [0.717, 1.165) is 18.1 Å². The number of esters is 1. The van der Waals surface area contributed by atoms with E-state index in [1.165, 1.54) is 19.1 Å². The summed E-state index contributed by atoms with van der Waals surface area (Å²) in [4.78, 5) is 34.7. The third-order valence-electron chi connectivity index (χ3n) is 3.68. The lowest BCUT2D eigenvalue weighted by Gasteiger charge is -2.13. The molecule has 0 aromatic heterocycles. The second-order valence-electron chi connectivity index (χ2n) is 5.38. The van der Waals surface area contributed by atoms with Gasteiger partial charge in [-0.3, -0.25) is 14.9 Å². The zero-order valence-corrected chi connectivity index (χ0v) is 14.4. The highest BCUT2D eigenvalue weighted by atomic mass is 35.5. The van der Waals surface area contributed by atoms with Gasteiger partial charge >= 0.3 is 5.97 Å². The van der Waals surface area contributed by atoms with E-state index in [0.29, 0.717) is 5.56 Å². The van der Waals surface area contributed by atoms with Crippen LogP contribution in [0, 0.1) is 10.1 Å². The minimum Gasteiger partial charge on any atom is -0.451 e. The van der Waals surface area contributed by atoms with Crippen LogP contribution in [-0.4, -0.2) is 22.8 Å². The van der Waals surface area contributed by atoms with Crippen molar-refractivity contribution in [1.29, 1.82) is 0 Å². The molecule has 0 unspecified atom stereocenters. The van der Waals surface area contributed by atoms with Gasteiger partial charge in [-0.25, -0.2) is 4.79 Å². The summed E-state index contributed by atoms with van der Waals surface area (Å²) in [5.74, 6) is -1.25. The van der Waals surface area contributed by atoms with Crippen LogP contribution in [0.5, 0.6) is 0 Å². The summed E-state index contributed by atoms with van der Waals surface area (Å²) < 4.78 is 5.13. The van der Waals surface area contributed by atoms with Crippen LogP contribution in [0.15, 0.2) is 42.5 Å². The average molecular weight is 362 g/mol. The molecule has 7 heteroatoms. The van der Waals surface area contributed by atoms with Crippen molar-refractivity contribution in [2.45, 2.75) is 26.4 Å². The highest BCUT2D eigenvalue weighted by Gasteiger charge is 2.23. The zero-order chi connectivity index (χ0) is 18.6. The fraction of sp³-hybridized carbons (Fsp3) is 0.222. The number of aryl methyl sites for hydroxylation is 1. The van der Waals surface area contributed by atoms with E-state index >= 15 is 0 Å². The number of nitrogens with zero attached hydrogens (tertiary/aromatic N) is 1. The summed E-state index contributed by atoms with van der Waals surface area (Å²) in [6, 6.07) is 10.5. The Kier molecular flexibility index (Phi) is 5.88. The summed E-state index contributed by atoms with van der Waals surface area (Å²) in [5.41, 5.74) is 1.06. The molecule has 0 fully saturated rings. The molecule has 0 spiro atoms. The fourth-order valence-electron chi connectivity index (χ4n) is 2.20. The Morgan fingerprint density at radius 2 is 1.84 bits per heavy atom. The maximum absolute atomic E-state index is 12.4. The van der Waals surface area contributed by atoms with Crippen LogP contribution >= 0.6 is 11.6 Å². The Hall–Kier alpha value is -2.73. The van der Waals surface area contributed by atoms with Gasteiger partial charge in [0.1, 0.15) is 0 Å². The largest absolute Gasteiger partial charge is 0.451 e. The molecule has 2 aromatic rings. The number of benzene rings is 2. The standard InChI is InChI=1S/C18H16ClNO5/c1-3-12-4-6-13(7-5-12)17(21)11(2)25-18(22)15-10-14(20(23)24)8-9-16(15)19/h4-11H,3H2,1-2H3/t11-/m1/s1. The molecular formula is C18H16ClNO5. The number of nitro groups is 1. The Morgan fingerprint density at radius 3 is 2.40 bits per heavy atom. The van der Waals surface area contributed by atoms with Gasteiger partial charge in [0, 0.05) is 17.7 Å². The highest BCUT2D eigenvalue weighted by Crippen LogP contribution is 2.23. The van der Waals surface area contributed by atoms with Crippen molar-refractivity contribution < 1.29 is 19.2 Å². The van der Waals surface area contributed by atoms with Crippen LogP contribution in [-0.2, 0) is 11.2 Å². The average Bonchev–Trinajstić information content (AvgIpc) is 2.61. The van der Waals surface area contributed by atoms with Crippen LogP contribution in [0.4, 0.5) is 5.69 Å². The van der Waals surface area contributed by atoms with Gasteiger partial charge in [0.25, 0.3) is 5.69 Å². The Labute approximate surface area is 149 Å². The van der Waals surface area contributed by atoms with Crippen LogP contribution < -0.4 is 0 Å². The monoisotopic (exact) mass is 361 g/mol. The van der Waals surface area contributed by atoms with Crippen molar-refractivity contribution in [1.82, 2.24) is 0 Å². The first kappa shape index (κ1) is 18.6. The molecule has 0 saturated heterocycles. The van der Waals surface area contributed by atoms with E-state index in [1.54, 1.807) is 12.1 Å². The summed E-state index contributed by atoms with van der Waals surface area (Å²) in [5, 5.41) is 10.8. The van der Waals surface area contributed by atoms with Crippen molar-refractivity contribution in [2.24, 2.45) is 0 Å². The van der Waals surface area contributed by atoms with Crippen molar-refractivity contribution in [3.8, 4) is 0 Å². The molecule has 0 heterocycles. The van der Waals surface area contributed by atoms with Gasteiger partial charge in [-0.2, -0.15) is 0 Å². The minimum atomic E-state index is -1.05. The third kappa shape index (κ3) is 4.42. The molecule has 25 heavy (non-hydrogen) atoms. The molecule has 0 radical (unpaired) electrons. The van der Waals surface area contributed by atoms with Crippen molar-refractivity contribution in [3.05, 3.63) is 74.3 Å². The van der Waals surface area contributed by atoms with Gasteiger partial charge in [0.15, 0.2) is 6.10 Å². The predicted molar refractivity (Wildman–Crippen MR) is 93.1 cm³/mol. The topological polar surface area (TPSA) is 86.5 Å². The van der Waals surface area contributed by atoms with E-state index in [9.17, 15) is 19.7 Å². The SMILES string of the molecule is CCc1ccc(C(=O)[C@@H](C)OC(=O)c2cc([N+](=O)[O-])ccc2Cl)cc1. The number of carbonyl (C=O) groups excluding carboxylic acids is 2. The minimum absolute atomic E-state index is 0.0162. The van der Waals surface area contributed by atoms with Gasteiger partial charge < -0.3 is 4.74 Å². The normalized spacial score (nSPS) is 11.6. The van der Waals surface area contributed by atoms with Crippen molar-refractivity contribution in [2.75, 3.05) is 0 Å². The maximum Gasteiger partial charge on any atom is 0.340 e. The quantitative estimate of drug-likeness (QED) is 0.332. The summed E-state index contributed by atoms with van der Waals surface area (Å²) in [6.45, 7) is 3.45. The Bertz CT molecular complexity index is 817. The molecule has 0 saturated carbocycles. The van der Waals surface area contributed by atoms with Crippen LogP contribution in [0.3, 0.4) is 0 Å². The molecule has 0 aliphatic heterocycles.